The van der Waals surface area contributed by atoms with Crippen LogP contribution in [0, 0.1) is 0 Å². The van der Waals surface area contributed by atoms with Crippen molar-refractivity contribution in [2.45, 2.75) is 19.8 Å². The molecule has 1 amide bonds. The fourth-order valence-electron chi connectivity index (χ4n) is 2.38. The van der Waals surface area contributed by atoms with Crippen LogP contribution in [0.1, 0.15) is 35.7 Å². The average molecular weight is 326 g/mol. The molecule has 24 heavy (non-hydrogen) atoms. The molecule has 0 saturated heterocycles. The summed E-state index contributed by atoms with van der Waals surface area (Å²) in [5, 5.41) is 5.93. The Labute approximate surface area is 142 Å². The van der Waals surface area contributed by atoms with E-state index in [1.165, 1.54) is 7.11 Å². The number of methoxy groups -OCH3 is 1. The minimum absolute atomic E-state index is 0.145. The molecule has 2 aromatic rings. The van der Waals surface area contributed by atoms with Crippen molar-refractivity contribution in [3.63, 3.8) is 0 Å². The predicted octanol–water partition coefficient (Wildman–Crippen LogP) is 3.65. The van der Waals surface area contributed by atoms with Gasteiger partial charge < -0.3 is 15.4 Å². The third-order valence-electron chi connectivity index (χ3n) is 3.59. The first-order valence-electron chi connectivity index (χ1n) is 7.82. The van der Waals surface area contributed by atoms with E-state index in [0.29, 0.717) is 17.2 Å². The van der Waals surface area contributed by atoms with Gasteiger partial charge in [-0.25, -0.2) is 4.79 Å². The second kappa shape index (κ2) is 8.15. The molecule has 0 unspecified atom stereocenters. The van der Waals surface area contributed by atoms with E-state index in [-0.39, 0.29) is 12.5 Å². The van der Waals surface area contributed by atoms with Crippen LogP contribution in [0.25, 0.3) is 0 Å². The molecule has 0 aliphatic rings. The number of rotatable bonds is 6. The number of esters is 1. The van der Waals surface area contributed by atoms with Gasteiger partial charge in [-0.2, -0.15) is 0 Å². The van der Waals surface area contributed by atoms with E-state index in [2.05, 4.69) is 29.2 Å². The minimum Gasteiger partial charge on any atom is -0.465 e. The van der Waals surface area contributed by atoms with Crippen molar-refractivity contribution < 1.29 is 14.3 Å². The van der Waals surface area contributed by atoms with Gasteiger partial charge >= 0.3 is 5.97 Å². The summed E-state index contributed by atoms with van der Waals surface area (Å²) in [5.74, 6) is -0.251. The number of carbonyl (C=O) groups excluding carboxylic acids is 2. The number of hydrogen-bond acceptors (Lipinski definition) is 4. The highest BCUT2D eigenvalue weighted by Crippen LogP contribution is 2.23. The van der Waals surface area contributed by atoms with Crippen molar-refractivity contribution in [2.75, 3.05) is 24.3 Å². The first-order valence-corrected chi connectivity index (χ1v) is 7.82. The zero-order valence-electron chi connectivity index (χ0n) is 14.1. The highest BCUT2D eigenvalue weighted by molar-refractivity contribution is 5.96. The number of nitrogens with one attached hydrogen (secondary N) is 2. The summed E-state index contributed by atoms with van der Waals surface area (Å²) >= 11 is 0. The Balaban J connectivity index is 1.98. The third kappa shape index (κ3) is 4.59. The quantitative estimate of drug-likeness (QED) is 0.795. The number of hydrogen-bond donors (Lipinski definition) is 2. The van der Waals surface area contributed by atoms with Crippen molar-refractivity contribution in [1.29, 1.82) is 0 Å². The Morgan fingerprint density at radius 2 is 1.83 bits per heavy atom. The van der Waals surface area contributed by atoms with Gasteiger partial charge in [0.05, 0.1) is 19.2 Å². The first kappa shape index (κ1) is 17.5. The number of carbonyl (C=O) groups is 2. The van der Waals surface area contributed by atoms with Gasteiger partial charge in [-0.15, -0.1) is 0 Å². The van der Waals surface area contributed by atoms with Crippen LogP contribution in [0.15, 0.2) is 48.5 Å². The summed E-state index contributed by atoms with van der Waals surface area (Å²) in [6, 6.07) is 14.6. The standard InChI is InChI=1S/C19H22N2O3/c1-13(2)16-9-4-5-10-17(16)20-12-18(22)21-15-8-6-7-14(11-15)19(23)24-3/h4-11,13,20H,12H2,1-3H3,(H,21,22). The van der Waals surface area contributed by atoms with Crippen molar-refractivity contribution in [3.05, 3.63) is 59.7 Å². The number of amides is 1. The Hall–Kier alpha value is -2.82. The number of para-hydroxylation sites is 1. The summed E-state index contributed by atoms with van der Waals surface area (Å²) in [6.45, 7) is 4.37. The van der Waals surface area contributed by atoms with E-state index in [1.807, 2.05) is 24.3 Å². The minimum atomic E-state index is -0.435. The molecule has 2 N–H and O–H groups in total. The topological polar surface area (TPSA) is 67.4 Å². The van der Waals surface area contributed by atoms with E-state index >= 15 is 0 Å². The predicted molar refractivity (Wildman–Crippen MR) is 95.4 cm³/mol. The van der Waals surface area contributed by atoms with Gasteiger partial charge in [-0.05, 0) is 35.7 Å². The summed E-state index contributed by atoms with van der Waals surface area (Å²) in [4.78, 5) is 23.6. The summed E-state index contributed by atoms with van der Waals surface area (Å²) < 4.78 is 4.67. The van der Waals surface area contributed by atoms with Gasteiger partial charge in [-0.1, -0.05) is 38.1 Å². The summed E-state index contributed by atoms with van der Waals surface area (Å²) in [6.07, 6.45) is 0. The second-order valence-electron chi connectivity index (χ2n) is 5.72. The van der Waals surface area contributed by atoms with Gasteiger partial charge in [0.2, 0.25) is 5.91 Å². The van der Waals surface area contributed by atoms with Gasteiger partial charge in [0.1, 0.15) is 0 Å². The Morgan fingerprint density at radius 3 is 2.54 bits per heavy atom. The molecule has 2 rings (SSSR count). The molecule has 0 aromatic heterocycles. The summed E-state index contributed by atoms with van der Waals surface area (Å²) in [5.41, 5.74) is 3.07. The Bertz CT molecular complexity index is 726. The molecule has 0 aliphatic carbocycles. The van der Waals surface area contributed by atoms with Crippen LogP contribution in [0.4, 0.5) is 11.4 Å². The smallest absolute Gasteiger partial charge is 0.337 e. The third-order valence-corrected chi connectivity index (χ3v) is 3.59. The molecular weight excluding hydrogens is 304 g/mol. The van der Waals surface area contributed by atoms with Crippen LogP contribution in [0.3, 0.4) is 0 Å². The van der Waals surface area contributed by atoms with Gasteiger partial charge in [0, 0.05) is 11.4 Å². The van der Waals surface area contributed by atoms with Crippen molar-refractivity contribution >= 4 is 23.3 Å². The molecule has 0 radical (unpaired) electrons. The van der Waals surface area contributed by atoms with Crippen molar-refractivity contribution in [1.82, 2.24) is 0 Å². The molecule has 0 spiro atoms. The number of benzene rings is 2. The lowest BCUT2D eigenvalue weighted by Gasteiger charge is -2.14. The number of anilines is 2. The molecule has 0 saturated carbocycles. The molecule has 5 nitrogen and oxygen atoms in total. The van der Waals surface area contributed by atoms with E-state index < -0.39 is 5.97 Å². The molecule has 2 aromatic carbocycles. The highest BCUT2D eigenvalue weighted by Gasteiger charge is 2.09. The van der Waals surface area contributed by atoms with Crippen LogP contribution in [-0.4, -0.2) is 25.5 Å². The van der Waals surface area contributed by atoms with E-state index in [0.717, 1.165) is 11.3 Å². The molecule has 5 heteroatoms. The van der Waals surface area contributed by atoms with Crippen LogP contribution in [-0.2, 0) is 9.53 Å². The Morgan fingerprint density at radius 1 is 1.08 bits per heavy atom. The average Bonchev–Trinajstić information content (AvgIpc) is 2.59. The SMILES string of the molecule is COC(=O)c1cccc(NC(=O)CNc2ccccc2C(C)C)c1. The van der Waals surface area contributed by atoms with E-state index in [9.17, 15) is 9.59 Å². The first-order chi connectivity index (χ1) is 11.5. The van der Waals surface area contributed by atoms with E-state index in [1.54, 1.807) is 24.3 Å². The van der Waals surface area contributed by atoms with Crippen LogP contribution in [0.5, 0.6) is 0 Å². The van der Waals surface area contributed by atoms with Crippen molar-refractivity contribution in [2.24, 2.45) is 0 Å². The zero-order chi connectivity index (χ0) is 17.5. The van der Waals surface area contributed by atoms with Crippen LogP contribution < -0.4 is 10.6 Å². The molecule has 0 fully saturated rings. The second-order valence-corrected chi connectivity index (χ2v) is 5.72. The van der Waals surface area contributed by atoms with Gasteiger partial charge in [0.15, 0.2) is 0 Å². The van der Waals surface area contributed by atoms with Gasteiger partial charge in [0.25, 0.3) is 0 Å². The highest BCUT2D eigenvalue weighted by atomic mass is 16.5. The zero-order valence-corrected chi connectivity index (χ0v) is 14.1. The lowest BCUT2D eigenvalue weighted by molar-refractivity contribution is -0.114. The normalized spacial score (nSPS) is 10.3. The fourth-order valence-corrected chi connectivity index (χ4v) is 2.38. The summed E-state index contributed by atoms with van der Waals surface area (Å²) in [7, 11) is 1.32. The molecule has 126 valence electrons. The molecular formula is C19H22N2O3. The van der Waals surface area contributed by atoms with Crippen LogP contribution in [0.2, 0.25) is 0 Å². The van der Waals surface area contributed by atoms with Crippen molar-refractivity contribution in [3.8, 4) is 0 Å². The van der Waals surface area contributed by atoms with E-state index in [4.69, 9.17) is 0 Å². The van der Waals surface area contributed by atoms with Crippen LogP contribution >= 0.6 is 0 Å². The molecule has 0 aliphatic heterocycles. The maximum absolute atomic E-state index is 12.1. The molecule has 0 atom stereocenters. The number of ether oxygens (including phenoxy) is 1. The maximum Gasteiger partial charge on any atom is 0.337 e. The Kier molecular flexibility index (Phi) is 5.95. The largest absolute Gasteiger partial charge is 0.465 e. The molecule has 0 heterocycles. The lowest BCUT2D eigenvalue weighted by Crippen LogP contribution is -2.22. The van der Waals surface area contributed by atoms with Gasteiger partial charge in [-0.3, -0.25) is 4.79 Å². The lowest BCUT2D eigenvalue weighted by atomic mass is 10.0. The monoisotopic (exact) mass is 326 g/mol. The molecule has 0 bridgehead atoms. The fraction of sp³-hybridized carbons (Fsp3) is 0.263. The maximum atomic E-state index is 12.1.